The van der Waals surface area contributed by atoms with Crippen LogP contribution in [-0.2, 0) is 48.8 Å². The van der Waals surface area contributed by atoms with Gasteiger partial charge in [-0.1, -0.05) is 62.4 Å². The fourth-order valence-electron chi connectivity index (χ4n) is 6.61. The van der Waals surface area contributed by atoms with Crippen molar-refractivity contribution in [3.63, 3.8) is 0 Å². The number of ether oxygens (including phenoxy) is 1. The molecule has 0 radical (unpaired) electrons. The highest BCUT2D eigenvalue weighted by molar-refractivity contribution is 6.02. The maximum atomic E-state index is 13.9. The lowest BCUT2D eigenvalue weighted by Gasteiger charge is -2.25. The molecule has 0 aliphatic rings. The molecule has 0 saturated heterocycles. The van der Waals surface area contributed by atoms with E-state index in [1.54, 1.807) is 6.07 Å². The van der Waals surface area contributed by atoms with Crippen LogP contribution in [0.15, 0.2) is 140 Å². The van der Waals surface area contributed by atoms with Gasteiger partial charge in [-0.05, 0) is 94.9 Å². The van der Waals surface area contributed by atoms with Gasteiger partial charge < -0.3 is 10.1 Å². The Hall–Kier alpha value is -6.10. The van der Waals surface area contributed by atoms with E-state index < -0.39 is 12.0 Å². The second kappa shape index (κ2) is 19.3. The van der Waals surface area contributed by atoms with Gasteiger partial charge in [0.25, 0.3) is 5.91 Å². The number of benzene rings is 2. The minimum Gasteiger partial charge on any atom is -0.467 e. The van der Waals surface area contributed by atoms with Crippen LogP contribution in [0.4, 0.5) is 0 Å². The van der Waals surface area contributed by atoms with E-state index in [0.29, 0.717) is 44.8 Å². The van der Waals surface area contributed by atoms with E-state index in [2.05, 4.69) is 53.3 Å². The summed E-state index contributed by atoms with van der Waals surface area (Å²) in [6.07, 6.45) is 7.27. The number of nitrogens with one attached hydrogen (secondary N) is 1. The molecule has 0 saturated carbocycles. The standard InChI is InChI=1S/C45H47N7O3/c1-33(2)43(45(54)55-3)50-44(53)42-19-5-4-18-41(42)36-25-34(27-51(29-37-14-6-10-20-46-37)30-38-15-7-11-21-47-38)24-35(26-36)28-52(31-39-16-8-12-22-48-39)32-40-17-9-13-23-49-40/h4-26,33,43H,27-32H2,1-3H3,(H,50,53)/t43-/m0/s1. The molecule has 0 bridgehead atoms. The van der Waals surface area contributed by atoms with Gasteiger partial charge in [-0.2, -0.15) is 0 Å². The topological polar surface area (TPSA) is 113 Å². The molecule has 10 nitrogen and oxygen atoms in total. The molecule has 1 N–H and O–H groups in total. The number of rotatable bonds is 17. The highest BCUT2D eigenvalue weighted by atomic mass is 16.5. The first-order valence-electron chi connectivity index (χ1n) is 18.5. The number of methoxy groups -OCH3 is 1. The third-order valence-electron chi connectivity index (χ3n) is 9.20. The van der Waals surface area contributed by atoms with Crippen molar-refractivity contribution >= 4 is 11.9 Å². The first-order chi connectivity index (χ1) is 26.8. The van der Waals surface area contributed by atoms with Crippen molar-refractivity contribution in [3.8, 4) is 11.1 Å². The van der Waals surface area contributed by atoms with Crippen LogP contribution in [0.2, 0.25) is 0 Å². The molecule has 1 atom stereocenters. The van der Waals surface area contributed by atoms with Crippen molar-refractivity contribution in [2.75, 3.05) is 7.11 Å². The third-order valence-corrected chi connectivity index (χ3v) is 9.20. The smallest absolute Gasteiger partial charge is 0.328 e. The molecule has 0 aliphatic carbocycles. The minimum atomic E-state index is -0.786. The van der Waals surface area contributed by atoms with Gasteiger partial charge in [0.1, 0.15) is 6.04 Å². The van der Waals surface area contributed by atoms with Crippen LogP contribution >= 0.6 is 0 Å². The van der Waals surface area contributed by atoms with Gasteiger partial charge in [0.2, 0.25) is 0 Å². The number of nitrogens with zero attached hydrogens (tertiary/aromatic N) is 6. The maximum Gasteiger partial charge on any atom is 0.328 e. The van der Waals surface area contributed by atoms with E-state index in [9.17, 15) is 9.59 Å². The third kappa shape index (κ3) is 11.2. The summed E-state index contributed by atoms with van der Waals surface area (Å²) in [4.78, 5) is 49.8. The molecular weight excluding hydrogens is 687 g/mol. The fourth-order valence-corrected chi connectivity index (χ4v) is 6.61. The zero-order chi connectivity index (χ0) is 38.4. The van der Waals surface area contributed by atoms with E-state index in [4.69, 9.17) is 4.74 Å². The SMILES string of the molecule is COC(=O)[C@@H](NC(=O)c1ccccc1-c1cc(CN(Cc2ccccn2)Cc2ccccn2)cc(CN(Cc2ccccn2)Cc2ccccn2)c1)C(C)C. The summed E-state index contributed by atoms with van der Waals surface area (Å²) < 4.78 is 5.02. The van der Waals surface area contributed by atoms with Gasteiger partial charge in [-0.25, -0.2) is 4.79 Å². The van der Waals surface area contributed by atoms with Gasteiger partial charge in [-0.3, -0.25) is 34.5 Å². The lowest BCUT2D eigenvalue weighted by molar-refractivity contribution is -0.144. The number of aromatic nitrogens is 4. The Balaban J connectivity index is 1.40. The molecule has 10 heteroatoms. The number of pyridine rings is 4. The first kappa shape index (κ1) is 38.6. The van der Waals surface area contributed by atoms with Crippen molar-refractivity contribution in [2.24, 2.45) is 5.92 Å². The van der Waals surface area contributed by atoms with Crippen LogP contribution in [0.1, 0.15) is 58.1 Å². The summed E-state index contributed by atoms with van der Waals surface area (Å²) in [6.45, 7) is 7.43. The minimum absolute atomic E-state index is 0.160. The number of carbonyl (C=O) groups excluding carboxylic acids is 2. The molecule has 280 valence electrons. The van der Waals surface area contributed by atoms with Crippen LogP contribution in [0, 0.1) is 5.92 Å². The maximum absolute atomic E-state index is 13.9. The number of esters is 1. The number of carbonyl (C=O) groups is 2. The van der Waals surface area contributed by atoms with E-state index in [1.165, 1.54) is 7.11 Å². The zero-order valence-corrected chi connectivity index (χ0v) is 31.6. The Morgan fingerprint density at radius 3 is 1.38 bits per heavy atom. The Morgan fingerprint density at radius 2 is 1.00 bits per heavy atom. The second-order valence-electron chi connectivity index (χ2n) is 13.9. The van der Waals surface area contributed by atoms with E-state index >= 15 is 0 Å². The predicted molar refractivity (Wildman–Crippen MR) is 213 cm³/mol. The largest absolute Gasteiger partial charge is 0.467 e. The normalized spacial score (nSPS) is 11.8. The lowest BCUT2D eigenvalue weighted by Crippen LogP contribution is -2.45. The van der Waals surface area contributed by atoms with Crippen molar-refractivity contribution in [1.29, 1.82) is 0 Å². The highest BCUT2D eigenvalue weighted by Gasteiger charge is 2.26. The zero-order valence-electron chi connectivity index (χ0n) is 31.6. The van der Waals surface area contributed by atoms with Crippen molar-refractivity contribution < 1.29 is 14.3 Å². The van der Waals surface area contributed by atoms with Crippen LogP contribution in [0.25, 0.3) is 11.1 Å². The highest BCUT2D eigenvalue weighted by Crippen LogP contribution is 2.29. The van der Waals surface area contributed by atoms with Crippen LogP contribution in [-0.4, -0.2) is 54.8 Å². The van der Waals surface area contributed by atoms with Crippen molar-refractivity contribution in [3.05, 3.63) is 180 Å². The molecule has 1 amide bonds. The van der Waals surface area contributed by atoms with E-state index in [-0.39, 0.29) is 11.8 Å². The van der Waals surface area contributed by atoms with Crippen LogP contribution in [0.5, 0.6) is 0 Å². The number of hydrogen-bond acceptors (Lipinski definition) is 9. The molecule has 2 aromatic carbocycles. The van der Waals surface area contributed by atoms with Gasteiger partial charge >= 0.3 is 5.97 Å². The average molecular weight is 734 g/mol. The average Bonchev–Trinajstić information content (AvgIpc) is 3.21. The van der Waals surface area contributed by atoms with E-state index in [1.807, 2.05) is 130 Å². The Morgan fingerprint density at radius 1 is 0.582 bits per heavy atom. The monoisotopic (exact) mass is 733 g/mol. The molecule has 6 aromatic rings. The molecule has 0 unspecified atom stereocenters. The second-order valence-corrected chi connectivity index (χ2v) is 13.9. The summed E-state index contributed by atoms with van der Waals surface area (Å²) in [5.41, 5.74) is 8.09. The molecule has 55 heavy (non-hydrogen) atoms. The summed E-state index contributed by atoms with van der Waals surface area (Å²) >= 11 is 0. The van der Waals surface area contributed by atoms with Gasteiger partial charge in [0.15, 0.2) is 0 Å². The first-order valence-corrected chi connectivity index (χ1v) is 18.5. The predicted octanol–water partition coefficient (Wildman–Crippen LogP) is 7.27. The molecule has 0 fully saturated rings. The molecule has 4 aromatic heterocycles. The number of hydrogen-bond donors (Lipinski definition) is 1. The Labute approximate surface area is 323 Å². The van der Waals surface area contributed by atoms with Crippen molar-refractivity contribution in [1.82, 2.24) is 35.1 Å². The van der Waals surface area contributed by atoms with E-state index in [0.717, 1.165) is 45.0 Å². The van der Waals surface area contributed by atoms with Gasteiger partial charge in [0, 0.05) is 69.6 Å². The lowest BCUT2D eigenvalue weighted by atomic mass is 9.94. The van der Waals surface area contributed by atoms with Crippen molar-refractivity contribution in [2.45, 2.75) is 59.2 Å². The van der Waals surface area contributed by atoms with Gasteiger partial charge in [-0.15, -0.1) is 0 Å². The Kier molecular flexibility index (Phi) is 13.5. The fraction of sp³-hybridized carbons (Fsp3) is 0.244. The molecule has 4 heterocycles. The molecular formula is C45H47N7O3. The quantitative estimate of drug-likeness (QED) is 0.0968. The molecule has 0 aliphatic heterocycles. The molecule has 0 spiro atoms. The van der Waals surface area contributed by atoms with Crippen LogP contribution < -0.4 is 5.32 Å². The van der Waals surface area contributed by atoms with Crippen LogP contribution in [0.3, 0.4) is 0 Å². The summed E-state index contributed by atoms with van der Waals surface area (Å²) in [6, 6.07) is 37.1. The number of amides is 1. The summed E-state index contributed by atoms with van der Waals surface area (Å²) in [7, 11) is 1.33. The van der Waals surface area contributed by atoms with Gasteiger partial charge in [0.05, 0.1) is 29.9 Å². The summed E-state index contributed by atoms with van der Waals surface area (Å²) in [5.74, 6) is -0.982. The Bertz CT molecular complexity index is 1930. The summed E-state index contributed by atoms with van der Waals surface area (Å²) in [5, 5.41) is 2.94. The molecule has 6 rings (SSSR count).